The number of rotatable bonds is 10. The van der Waals surface area contributed by atoms with Gasteiger partial charge in [0.2, 0.25) is 0 Å². The minimum absolute atomic E-state index is 0.00551. The molecule has 0 aromatic heterocycles. The molecule has 0 fully saturated rings. The first-order chi connectivity index (χ1) is 31.1. The molecule has 2 heteroatoms. The Labute approximate surface area is 379 Å². The van der Waals surface area contributed by atoms with Gasteiger partial charge in [0.05, 0.1) is 11.4 Å². The van der Waals surface area contributed by atoms with Crippen LogP contribution in [0.15, 0.2) is 188 Å². The van der Waals surface area contributed by atoms with Crippen molar-refractivity contribution < 1.29 is 0 Å². The van der Waals surface area contributed by atoms with Gasteiger partial charge in [0.1, 0.15) is 0 Å². The molecule has 0 N–H and O–H groups in total. The van der Waals surface area contributed by atoms with Gasteiger partial charge < -0.3 is 9.80 Å². The summed E-state index contributed by atoms with van der Waals surface area (Å²) in [6, 6.07) is 70.4. The lowest BCUT2D eigenvalue weighted by atomic mass is 9.83. The largest absolute Gasteiger partial charge is 0.309 e. The van der Waals surface area contributed by atoms with Crippen molar-refractivity contribution in [1.82, 2.24) is 0 Å². The minimum atomic E-state index is 0.00551. The third-order valence-corrected chi connectivity index (χ3v) is 13.4. The van der Waals surface area contributed by atoms with Gasteiger partial charge in [0.15, 0.2) is 0 Å². The topological polar surface area (TPSA) is 6.48 Å². The summed E-state index contributed by atoms with van der Waals surface area (Å²) in [5.41, 5.74) is 18.2. The van der Waals surface area contributed by atoms with Crippen molar-refractivity contribution in [2.24, 2.45) is 0 Å². The molecule has 10 aromatic rings. The van der Waals surface area contributed by atoms with Crippen LogP contribution in [0.4, 0.5) is 34.1 Å². The second-order valence-corrected chi connectivity index (χ2v) is 18.4. The molecule has 10 aromatic carbocycles. The van der Waals surface area contributed by atoms with E-state index < -0.39 is 0 Å². The van der Waals surface area contributed by atoms with Crippen LogP contribution < -0.4 is 9.80 Å². The Morgan fingerprint density at radius 1 is 0.391 bits per heavy atom. The van der Waals surface area contributed by atoms with Crippen LogP contribution in [-0.2, 0) is 18.3 Å². The highest BCUT2D eigenvalue weighted by molar-refractivity contribution is 6.29. The lowest BCUT2D eigenvalue weighted by Crippen LogP contribution is -2.16. The van der Waals surface area contributed by atoms with Gasteiger partial charge in [-0.3, -0.25) is 0 Å². The predicted molar refractivity (Wildman–Crippen MR) is 277 cm³/mol. The fraction of sp³-hybridized carbons (Fsp3) is 0.161. The van der Waals surface area contributed by atoms with Crippen LogP contribution in [0.2, 0.25) is 0 Å². The molecular weight excluding hydrogens is 773 g/mol. The van der Waals surface area contributed by atoms with Crippen LogP contribution in [0, 0.1) is 13.8 Å². The van der Waals surface area contributed by atoms with Gasteiger partial charge in [-0.15, -0.1) is 0 Å². The summed E-state index contributed by atoms with van der Waals surface area (Å²) >= 11 is 0. The first-order valence-corrected chi connectivity index (χ1v) is 23.0. The highest BCUT2D eigenvalue weighted by atomic mass is 15.2. The molecule has 10 rings (SSSR count). The molecule has 0 radical (unpaired) electrons. The molecule has 0 aliphatic carbocycles. The summed E-state index contributed by atoms with van der Waals surface area (Å²) in [4.78, 5) is 5.09. The molecule has 0 unspecified atom stereocenters. The van der Waals surface area contributed by atoms with Crippen molar-refractivity contribution in [3.05, 3.63) is 216 Å². The highest BCUT2D eigenvalue weighted by Gasteiger charge is 2.28. The quantitative estimate of drug-likeness (QED) is 0.127. The summed E-state index contributed by atoms with van der Waals surface area (Å²) in [7, 11) is 0. The molecule has 0 spiro atoms. The Kier molecular flexibility index (Phi) is 10.6. The third kappa shape index (κ3) is 7.18. The van der Waals surface area contributed by atoms with Crippen molar-refractivity contribution in [2.45, 2.75) is 66.7 Å². The number of benzene rings is 10. The van der Waals surface area contributed by atoms with E-state index in [2.05, 4.69) is 246 Å². The lowest BCUT2D eigenvalue weighted by molar-refractivity contribution is 0.591. The van der Waals surface area contributed by atoms with Gasteiger partial charge in [-0.25, -0.2) is 0 Å². The van der Waals surface area contributed by atoms with Crippen LogP contribution in [0.5, 0.6) is 0 Å². The molecular formula is C62H56N2. The Morgan fingerprint density at radius 3 is 1.25 bits per heavy atom. The van der Waals surface area contributed by atoms with E-state index in [9.17, 15) is 0 Å². The summed E-state index contributed by atoms with van der Waals surface area (Å²) in [5.74, 6) is 0. The number of anilines is 6. The summed E-state index contributed by atoms with van der Waals surface area (Å²) in [6.45, 7) is 16.0. The normalized spacial score (nSPS) is 11.8. The average Bonchev–Trinajstić information content (AvgIpc) is 3.32. The van der Waals surface area contributed by atoms with E-state index in [0.29, 0.717) is 0 Å². The SMILES string of the molecule is CCc1cccc(N(c2cccc(-c3ccccc3)c2C)c2cc(N(c3cccc(CC)c3)c3cccc(-c4ccccc4)c3C)c3ccc4cc(C(C)(C)C)cc5ccc2c3c54)c1. The fourth-order valence-corrected chi connectivity index (χ4v) is 9.92. The molecule has 0 amide bonds. The van der Waals surface area contributed by atoms with Gasteiger partial charge in [-0.2, -0.15) is 0 Å². The van der Waals surface area contributed by atoms with Crippen LogP contribution in [-0.4, -0.2) is 0 Å². The summed E-state index contributed by atoms with van der Waals surface area (Å²) < 4.78 is 0. The van der Waals surface area contributed by atoms with E-state index in [1.807, 2.05) is 0 Å². The van der Waals surface area contributed by atoms with E-state index in [0.717, 1.165) is 47.0 Å². The Balaban J connectivity index is 1.36. The van der Waals surface area contributed by atoms with E-state index >= 15 is 0 Å². The molecule has 0 saturated carbocycles. The van der Waals surface area contributed by atoms with E-state index in [-0.39, 0.29) is 5.41 Å². The molecule has 0 atom stereocenters. The molecule has 314 valence electrons. The molecule has 0 aliphatic heterocycles. The predicted octanol–water partition coefficient (Wildman–Crippen LogP) is 17.9. The molecule has 2 nitrogen and oxygen atoms in total. The number of hydrogen-bond donors (Lipinski definition) is 0. The third-order valence-electron chi connectivity index (χ3n) is 13.4. The van der Waals surface area contributed by atoms with Gasteiger partial charge >= 0.3 is 0 Å². The number of hydrogen-bond acceptors (Lipinski definition) is 2. The fourth-order valence-electron chi connectivity index (χ4n) is 9.92. The maximum absolute atomic E-state index is 2.55. The molecule has 64 heavy (non-hydrogen) atoms. The van der Waals surface area contributed by atoms with Crippen LogP contribution in [0.25, 0.3) is 54.6 Å². The highest BCUT2D eigenvalue weighted by Crippen LogP contribution is 2.52. The second kappa shape index (κ2) is 16.5. The second-order valence-electron chi connectivity index (χ2n) is 18.4. The van der Waals surface area contributed by atoms with E-state index in [4.69, 9.17) is 0 Å². The van der Waals surface area contributed by atoms with Gasteiger partial charge in [-0.1, -0.05) is 180 Å². The van der Waals surface area contributed by atoms with Gasteiger partial charge in [-0.05, 0) is 141 Å². The van der Waals surface area contributed by atoms with Crippen molar-refractivity contribution in [1.29, 1.82) is 0 Å². The maximum Gasteiger partial charge on any atom is 0.0561 e. The van der Waals surface area contributed by atoms with Crippen LogP contribution in [0.1, 0.15) is 62.4 Å². The standard InChI is InChI=1S/C62H56N2/c1-8-43-20-16-26-50(36-43)63(56-30-18-28-52(41(56)3)45-22-12-10-13-23-45)58-40-59(55-35-33-48-39-49(62(5,6)7)38-47-32-34-54(58)61(55)60(47)48)64(51-27-17-21-44(9-2)37-51)57-31-19-29-53(42(57)4)46-24-14-11-15-25-46/h10-40H,8-9H2,1-7H3. The summed E-state index contributed by atoms with van der Waals surface area (Å²) in [5, 5.41) is 7.58. The van der Waals surface area contributed by atoms with Gasteiger partial charge in [0.25, 0.3) is 0 Å². The van der Waals surface area contributed by atoms with Crippen molar-refractivity contribution in [2.75, 3.05) is 9.80 Å². The smallest absolute Gasteiger partial charge is 0.0561 e. The first-order valence-electron chi connectivity index (χ1n) is 23.0. The van der Waals surface area contributed by atoms with Crippen molar-refractivity contribution in [3.8, 4) is 22.3 Å². The molecule has 0 aliphatic rings. The zero-order chi connectivity index (χ0) is 44.1. The van der Waals surface area contributed by atoms with E-state index in [1.165, 1.54) is 82.4 Å². The average molecular weight is 829 g/mol. The van der Waals surface area contributed by atoms with Crippen molar-refractivity contribution in [3.63, 3.8) is 0 Å². The maximum atomic E-state index is 2.55. The van der Waals surface area contributed by atoms with Crippen LogP contribution in [0.3, 0.4) is 0 Å². The Bertz CT molecular complexity index is 3090. The monoisotopic (exact) mass is 828 g/mol. The number of nitrogens with zero attached hydrogens (tertiary/aromatic N) is 2. The summed E-state index contributed by atoms with van der Waals surface area (Å²) in [6.07, 6.45) is 1.90. The zero-order valence-electron chi connectivity index (χ0n) is 38.2. The van der Waals surface area contributed by atoms with Crippen molar-refractivity contribution >= 4 is 66.4 Å². The minimum Gasteiger partial charge on any atom is -0.309 e. The molecule has 0 saturated heterocycles. The van der Waals surface area contributed by atoms with E-state index in [1.54, 1.807) is 0 Å². The Morgan fingerprint density at radius 2 is 0.828 bits per heavy atom. The first kappa shape index (κ1) is 40.9. The molecule has 0 bridgehead atoms. The number of aryl methyl sites for hydroxylation is 2. The Hall–Kier alpha value is -7.16. The van der Waals surface area contributed by atoms with Gasteiger partial charge in [0, 0.05) is 38.9 Å². The zero-order valence-corrected chi connectivity index (χ0v) is 38.2. The lowest BCUT2D eigenvalue weighted by Gasteiger charge is -2.34. The molecule has 0 heterocycles. The van der Waals surface area contributed by atoms with Crippen LogP contribution >= 0.6 is 0 Å².